The predicted molar refractivity (Wildman–Crippen MR) is 109 cm³/mol. The lowest BCUT2D eigenvalue weighted by Crippen LogP contribution is -2.17. The van der Waals surface area contributed by atoms with Crippen LogP contribution in [0.4, 0.5) is 48.3 Å². The molecule has 0 aromatic heterocycles. The van der Waals surface area contributed by atoms with Crippen LogP contribution >= 0.6 is 8.58 Å². The molecule has 0 aliphatic carbocycles. The third kappa shape index (κ3) is 6.40. The molecule has 0 aliphatic heterocycles. The fourth-order valence-electron chi connectivity index (χ4n) is 3.17. The lowest BCUT2D eigenvalue weighted by Gasteiger charge is -2.19. The van der Waals surface area contributed by atoms with Gasteiger partial charge in [-0.2, -0.15) is 13.2 Å². The minimum absolute atomic E-state index is 0.362. The van der Waals surface area contributed by atoms with Crippen LogP contribution in [0.1, 0.15) is 44.7 Å². The Morgan fingerprint density at radius 3 is 1.53 bits per heavy atom. The first-order valence-corrected chi connectivity index (χ1v) is 11.5. The SMILES string of the molecule is CCCC(C)CPCC.Cc1c(F)c(F)c(F)c(C(F)(F)F)c1-c1c(F)c(F)c(F)c(F)c1F. The summed E-state index contributed by atoms with van der Waals surface area (Å²) < 4.78 is 146. The van der Waals surface area contributed by atoms with Crippen molar-refractivity contribution >= 4 is 8.58 Å². The van der Waals surface area contributed by atoms with Gasteiger partial charge < -0.3 is 0 Å². The van der Waals surface area contributed by atoms with Crippen molar-refractivity contribution in [3.63, 3.8) is 0 Å². The summed E-state index contributed by atoms with van der Waals surface area (Å²) in [5.74, 6) is -20.2. The zero-order valence-corrected chi connectivity index (χ0v) is 19.6. The van der Waals surface area contributed by atoms with Crippen molar-refractivity contribution in [3.05, 3.63) is 57.7 Å². The summed E-state index contributed by atoms with van der Waals surface area (Å²) in [5.41, 5.74) is -8.45. The average Bonchev–Trinajstić information content (AvgIpc) is 2.76. The first kappa shape index (κ1) is 30.1. The summed E-state index contributed by atoms with van der Waals surface area (Å²) in [6.45, 7) is 7.27. The number of hydrogen-bond acceptors (Lipinski definition) is 0. The topological polar surface area (TPSA) is 0 Å². The van der Waals surface area contributed by atoms with Crippen LogP contribution in [-0.4, -0.2) is 12.3 Å². The quantitative estimate of drug-likeness (QED) is 0.153. The fourth-order valence-corrected chi connectivity index (χ4v) is 4.15. The van der Waals surface area contributed by atoms with Crippen LogP contribution < -0.4 is 0 Å². The van der Waals surface area contributed by atoms with Gasteiger partial charge >= 0.3 is 6.18 Å². The zero-order valence-electron chi connectivity index (χ0n) is 18.6. The van der Waals surface area contributed by atoms with E-state index in [1.807, 2.05) is 0 Å². The average molecular weight is 526 g/mol. The molecule has 0 radical (unpaired) electrons. The highest BCUT2D eigenvalue weighted by Gasteiger charge is 2.43. The lowest BCUT2D eigenvalue weighted by molar-refractivity contribution is -0.139. The molecule has 0 heterocycles. The Kier molecular flexibility index (Phi) is 10.8. The van der Waals surface area contributed by atoms with E-state index in [1.54, 1.807) is 0 Å². The number of halogens is 11. The Morgan fingerprint density at radius 2 is 1.12 bits per heavy atom. The second-order valence-corrected chi connectivity index (χ2v) is 9.08. The highest BCUT2D eigenvalue weighted by Crippen LogP contribution is 2.45. The van der Waals surface area contributed by atoms with Gasteiger partial charge in [-0.15, -0.1) is 8.58 Å². The molecule has 2 aromatic carbocycles. The molecule has 0 saturated heterocycles. The minimum Gasteiger partial charge on any atom is -0.203 e. The molecular formula is C22H22F11P. The molecule has 192 valence electrons. The molecule has 2 rings (SSSR count). The number of alkyl halides is 3. The minimum atomic E-state index is -5.83. The van der Waals surface area contributed by atoms with Crippen LogP contribution in [-0.2, 0) is 6.18 Å². The van der Waals surface area contributed by atoms with E-state index in [4.69, 9.17) is 0 Å². The maximum absolute atomic E-state index is 13.8. The molecule has 0 spiro atoms. The summed E-state index contributed by atoms with van der Waals surface area (Å²) in [4.78, 5) is 0. The van der Waals surface area contributed by atoms with Gasteiger partial charge in [0.25, 0.3) is 0 Å². The van der Waals surface area contributed by atoms with Crippen LogP contribution in [0.15, 0.2) is 0 Å². The van der Waals surface area contributed by atoms with Crippen LogP contribution in [0.5, 0.6) is 0 Å². The van der Waals surface area contributed by atoms with E-state index in [0.717, 1.165) is 5.92 Å². The first-order valence-electron chi connectivity index (χ1n) is 10.1. The Labute approximate surface area is 191 Å². The van der Waals surface area contributed by atoms with E-state index in [9.17, 15) is 48.3 Å². The second kappa shape index (κ2) is 12.2. The summed E-state index contributed by atoms with van der Waals surface area (Å²) in [7, 11) is 1.21. The molecule has 0 bridgehead atoms. The van der Waals surface area contributed by atoms with Gasteiger partial charge in [-0.1, -0.05) is 33.6 Å². The Morgan fingerprint density at radius 1 is 0.676 bits per heavy atom. The highest BCUT2D eigenvalue weighted by atomic mass is 31.1. The molecule has 0 nitrogen and oxygen atoms in total. The van der Waals surface area contributed by atoms with Crippen molar-refractivity contribution in [2.24, 2.45) is 5.92 Å². The van der Waals surface area contributed by atoms with Crippen molar-refractivity contribution in [2.45, 2.75) is 46.7 Å². The Hall–Kier alpha value is -1.90. The van der Waals surface area contributed by atoms with Gasteiger partial charge in [-0.05, 0) is 30.7 Å². The van der Waals surface area contributed by atoms with Crippen molar-refractivity contribution in [1.29, 1.82) is 0 Å². The molecule has 12 heteroatoms. The van der Waals surface area contributed by atoms with Crippen molar-refractivity contribution in [1.82, 2.24) is 0 Å². The van der Waals surface area contributed by atoms with Gasteiger partial charge in [0.1, 0.15) is 5.56 Å². The van der Waals surface area contributed by atoms with E-state index in [1.165, 1.54) is 33.7 Å². The van der Waals surface area contributed by atoms with E-state index in [-0.39, 0.29) is 0 Å². The van der Waals surface area contributed by atoms with Crippen LogP contribution in [0.3, 0.4) is 0 Å². The normalized spacial score (nSPS) is 12.8. The van der Waals surface area contributed by atoms with Gasteiger partial charge in [-0.25, -0.2) is 35.1 Å². The number of hydrogen-bond donors (Lipinski definition) is 0. The second-order valence-electron chi connectivity index (χ2n) is 7.46. The molecule has 0 fully saturated rings. The summed E-state index contributed by atoms with van der Waals surface area (Å²) in [6, 6.07) is 0. The molecule has 2 unspecified atom stereocenters. The Bertz CT molecular complexity index is 987. The van der Waals surface area contributed by atoms with Crippen molar-refractivity contribution < 1.29 is 48.3 Å². The van der Waals surface area contributed by atoms with E-state index >= 15 is 0 Å². The van der Waals surface area contributed by atoms with Gasteiger partial charge in [0.2, 0.25) is 5.82 Å². The standard InChI is InChI=1S/C14H3F11.C8H19P/c1-2-3(4-7(16)11(20)13(22)12(21)8(4)17)5(14(23,24)25)9(18)10(19)6(2)15;1-4-6-8(3)7-9-5-2/h1H3;8-9H,4-7H2,1-3H3. The smallest absolute Gasteiger partial charge is 0.203 e. The first-order chi connectivity index (χ1) is 15.6. The number of rotatable bonds is 6. The van der Waals surface area contributed by atoms with Gasteiger partial charge in [-0.3, -0.25) is 0 Å². The molecular weight excluding hydrogens is 504 g/mol. The third-order valence-electron chi connectivity index (χ3n) is 4.83. The van der Waals surface area contributed by atoms with Crippen LogP contribution in [0, 0.1) is 59.4 Å². The van der Waals surface area contributed by atoms with E-state index in [2.05, 4.69) is 20.8 Å². The molecule has 2 atom stereocenters. The molecule has 2 aromatic rings. The predicted octanol–water partition coefficient (Wildman–Crippen LogP) is 8.91. The molecule has 0 aliphatic rings. The molecule has 0 amide bonds. The zero-order chi connectivity index (χ0) is 26.5. The third-order valence-corrected chi connectivity index (χ3v) is 6.31. The fraction of sp³-hybridized carbons (Fsp3) is 0.455. The van der Waals surface area contributed by atoms with Gasteiger partial charge in [0, 0.05) is 5.56 Å². The maximum atomic E-state index is 13.8. The summed E-state index contributed by atoms with van der Waals surface area (Å²) >= 11 is 0. The summed E-state index contributed by atoms with van der Waals surface area (Å²) in [6.07, 6.45) is -0.209. The monoisotopic (exact) mass is 526 g/mol. The van der Waals surface area contributed by atoms with E-state index < -0.39 is 75.0 Å². The van der Waals surface area contributed by atoms with Crippen LogP contribution in [0.25, 0.3) is 11.1 Å². The molecule has 0 N–H and O–H groups in total. The van der Waals surface area contributed by atoms with Gasteiger partial charge in [0.05, 0.1) is 5.56 Å². The highest BCUT2D eigenvalue weighted by molar-refractivity contribution is 7.37. The largest absolute Gasteiger partial charge is 0.419 e. The van der Waals surface area contributed by atoms with E-state index in [0.29, 0.717) is 6.92 Å². The molecule has 34 heavy (non-hydrogen) atoms. The van der Waals surface area contributed by atoms with Crippen molar-refractivity contribution in [3.8, 4) is 11.1 Å². The lowest BCUT2D eigenvalue weighted by atomic mass is 9.92. The van der Waals surface area contributed by atoms with Crippen molar-refractivity contribution in [2.75, 3.05) is 12.3 Å². The summed E-state index contributed by atoms with van der Waals surface area (Å²) in [5, 5.41) is 0. The Balaban J connectivity index is 0.000000546. The maximum Gasteiger partial charge on any atom is 0.419 e. The van der Waals surface area contributed by atoms with Crippen LogP contribution in [0.2, 0.25) is 0 Å². The van der Waals surface area contributed by atoms with Gasteiger partial charge in [0.15, 0.2) is 40.7 Å². The molecule has 0 saturated carbocycles. The number of benzene rings is 2.